The van der Waals surface area contributed by atoms with Crippen molar-refractivity contribution in [2.45, 2.75) is 50.7 Å². The number of hydrogen-bond acceptors (Lipinski definition) is 3. The van der Waals surface area contributed by atoms with Gasteiger partial charge in [-0.2, -0.15) is 0 Å². The first-order chi connectivity index (χ1) is 10.1. The zero-order chi connectivity index (χ0) is 14.4. The molecular formula is C18H19NO2. The van der Waals surface area contributed by atoms with Crippen LogP contribution in [-0.4, -0.2) is 22.5 Å². The molecule has 3 heterocycles. The third-order valence-electron chi connectivity index (χ3n) is 6.42. The van der Waals surface area contributed by atoms with Gasteiger partial charge in [0, 0.05) is 29.8 Å². The van der Waals surface area contributed by atoms with Crippen LogP contribution in [0.15, 0.2) is 24.3 Å². The van der Waals surface area contributed by atoms with Gasteiger partial charge in [-0.25, -0.2) is 0 Å². The number of benzene rings is 1. The van der Waals surface area contributed by atoms with Gasteiger partial charge in [-0.15, -0.1) is 0 Å². The fourth-order valence-electron chi connectivity index (χ4n) is 5.62. The summed E-state index contributed by atoms with van der Waals surface area (Å²) in [5.74, 6) is 0.831. The molecule has 3 nitrogen and oxygen atoms in total. The van der Waals surface area contributed by atoms with E-state index in [1.807, 2.05) is 6.07 Å². The number of carbonyl (C=O) groups is 2. The van der Waals surface area contributed by atoms with Crippen molar-refractivity contribution < 1.29 is 9.59 Å². The Kier molecular flexibility index (Phi) is 2.10. The van der Waals surface area contributed by atoms with Crippen LogP contribution in [0.25, 0.3) is 0 Å². The van der Waals surface area contributed by atoms with Gasteiger partial charge >= 0.3 is 0 Å². The van der Waals surface area contributed by atoms with E-state index >= 15 is 0 Å². The molecule has 0 spiro atoms. The number of fused-ring (bicyclic) bond motifs is 3. The van der Waals surface area contributed by atoms with Crippen molar-refractivity contribution in [2.75, 3.05) is 0 Å². The molecule has 3 fully saturated rings. The summed E-state index contributed by atoms with van der Waals surface area (Å²) in [7, 11) is 0. The van der Waals surface area contributed by atoms with E-state index in [4.69, 9.17) is 0 Å². The van der Waals surface area contributed by atoms with Gasteiger partial charge in [-0.05, 0) is 30.4 Å². The lowest BCUT2D eigenvalue weighted by Crippen LogP contribution is -2.51. The zero-order valence-corrected chi connectivity index (χ0v) is 12.2. The lowest BCUT2D eigenvalue weighted by atomic mass is 9.63. The lowest BCUT2D eigenvalue weighted by Gasteiger charge is -2.48. The van der Waals surface area contributed by atoms with Crippen molar-refractivity contribution in [2.24, 2.45) is 11.3 Å². The SMILES string of the molecule is CC12C[C@@H]3C(=O)CCC[C@H]3N3C(C1=O)c1ccccc1C32. The van der Waals surface area contributed by atoms with Crippen molar-refractivity contribution >= 4 is 11.6 Å². The third kappa shape index (κ3) is 1.21. The van der Waals surface area contributed by atoms with Gasteiger partial charge in [0.1, 0.15) is 5.78 Å². The minimum absolute atomic E-state index is 0.0860. The van der Waals surface area contributed by atoms with Gasteiger partial charge in [0.25, 0.3) is 0 Å². The van der Waals surface area contributed by atoms with Crippen LogP contribution in [0.3, 0.4) is 0 Å². The highest BCUT2D eigenvalue weighted by molar-refractivity contribution is 5.98. The number of carbonyl (C=O) groups excluding carboxylic acids is 2. The molecule has 6 atom stereocenters. The van der Waals surface area contributed by atoms with Gasteiger partial charge in [0.05, 0.1) is 6.04 Å². The molecule has 4 aliphatic rings. The summed E-state index contributed by atoms with van der Waals surface area (Å²) in [6.45, 7) is 2.10. The van der Waals surface area contributed by atoms with Gasteiger partial charge < -0.3 is 0 Å². The Morgan fingerprint density at radius 1 is 1.19 bits per heavy atom. The minimum atomic E-state index is -0.354. The number of Topliss-reactive ketones (excluding diaryl/α,β-unsaturated/α-hetero) is 2. The molecule has 1 saturated carbocycles. The van der Waals surface area contributed by atoms with Gasteiger partial charge in [-0.3, -0.25) is 14.5 Å². The van der Waals surface area contributed by atoms with E-state index in [9.17, 15) is 9.59 Å². The first-order valence-electron chi connectivity index (χ1n) is 8.06. The molecule has 1 aliphatic carbocycles. The molecule has 4 unspecified atom stereocenters. The molecule has 5 rings (SSSR count). The van der Waals surface area contributed by atoms with Crippen molar-refractivity contribution in [3.63, 3.8) is 0 Å². The van der Waals surface area contributed by atoms with E-state index in [0.717, 1.165) is 19.3 Å². The fraction of sp³-hybridized carbons (Fsp3) is 0.556. The molecule has 3 heteroatoms. The largest absolute Gasteiger partial charge is 0.299 e. The Morgan fingerprint density at radius 2 is 1.95 bits per heavy atom. The van der Waals surface area contributed by atoms with E-state index in [0.29, 0.717) is 18.0 Å². The van der Waals surface area contributed by atoms with Gasteiger partial charge in [0.15, 0.2) is 5.78 Å². The van der Waals surface area contributed by atoms with E-state index in [2.05, 4.69) is 30.0 Å². The van der Waals surface area contributed by atoms with E-state index in [-0.39, 0.29) is 29.5 Å². The Morgan fingerprint density at radius 3 is 2.76 bits per heavy atom. The highest BCUT2D eigenvalue weighted by Gasteiger charge is 2.68. The monoisotopic (exact) mass is 281 g/mol. The van der Waals surface area contributed by atoms with Crippen molar-refractivity contribution in [1.29, 1.82) is 0 Å². The second kappa shape index (κ2) is 3.64. The highest BCUT2D eigenvalue weighted by Crippen LogP contribution is 2.67. The van der Waals surface area contributed by atoms with Crippen LogP contribution >= 0.6 is 0 Å². The molecular weight excluding hydrogens is 262 g/mol. The van der Waals surface area contributed by atoms with E-state index in [1.165, 1.54) is 11.1 Å². The molecule has 0 aromatic heterocycles. The molecule has 21 heavy (non-hydrogen) atoms. The van der Waals surface area contributed by atoms with E-state index < -0.39 is 0 Å². The summed E-state index contributed by atoms with van der Waals surface area (Å²) in [6.07, 6.45) is 3.53. The molecule has 0 amide bonds. The molecule has 108 valence electrons. The Bertz CT molecular complexity index is 682. The van der Waals surface area contributed by atoms with Crippen molar-refractivity contribution in [3.8, 4) is 0 Å². The van der Waals surface area contributed by atoms with Crippen molar-refractivity contribution in [1.82, 2.24) is 4.90 Å². The van der Waals surface area contributed by atoms with E-state index in [1.54, 1.807) is 0 Å². The van der Waals surface area contributed by atoms with Gasteiger partial charge in [-0.1, -0.05) is 31.2 Å². The van der Waals surface area contributed by atoms with Crippen LogP contribution in [0.5, 0.6) is 0 Å². The first-order valence-corrected chi connectivity index (χ1v) is 8.06. The van der Waals surface area contributed by atoms with Crippen LogP contribution in [0.1, 0.15) is 55.8 Å². The molecule has 0 radical (unpaired) electrons. The quantitative estimate of drug-likeness (QED) is 0.734. The summed E-state index contributed by atoms with van der Waals surface area (Å²) < 4.78 is 0. The number of nitrogens with zero attached hydrogens (tertiary/aromatic N) is 1. The summed E-state index contributed by atoms with van der Waals surface area (Å²) in [5.41, 5.74) is 2.18. The second-order valence-electron chi connectivity index (χ2n) is 7.40. The molecule has 1 aromatic rings. The number of hydrogen-bond donors (Lipinski definition) is 0. The van der Waals surface area contributed by atoms with Crippen LogP contribution in [-0.2, 0) is 9.59 Å². The topological polar surface area (TPSA) is 37.4 Å². The van der Waals surface area contributed by atoms with Crippen molar-refractivity contribution in [3.05, 3.63) is 35.4 Å². The normalized spacial score (nSPS) is 46.4. The van der Waals surface area contributed by atoms with Crippen LogP contribution in [0.2, 0.25) is 0 Å². The summed E-state index contributed by atoms with van der Waals surface area (Å²) in [6, 6.07) is 8.80. The molecule has 1 aromatic carbocycles. The lowest BCUT2D eigenvalue weighted by molar-refractivity contribution is -0.135. The van der Waals surface area contributed by atoms with Crippen LogP contribution in [0.4, 0.5) is 0 Å². The standard InChI is InChI=1S/C18H19NO2/c1-18-9-12-13(7-4-8-14(12)20)19-15(17(18)21)10-5-2-3-6-11(10)16(18)19/h2-3,5-6,12-13,15-16H,4,7-9H2,1H3/t12-,13+,15?,16?,18?/m0/s1. The zero-order valence-electron chi connectivity index (χ0n) is 12.2. The molecule has 4 bridgehead atoms. The maximum Gasteiger partial charge on any atom is 0.162 e. The molecule has 3 aliphatic heterocycles. The third-order valence-corrected chi connectivity index (χ3v) is 6.42. The second-order valence-corrected chi connectivity index (χ2v) is 7.40. The summed E-state index contributed by atoms with van der Waals surface area (Å²) in [4.78, 5) is 27.8. The fourth-order valence-corrected chi connectivity index (χ4v) is 5.62. The van der Waals surface area contributed by atoms with Gasteiger partial charge in [0.2, 0.25) is 0 Å². The summed E-state index contributed by atoms with van der Waals surface area (Å²) >= 11 is 0. The Labute approximate surface area is 124 Å². The van der Waals surface area contributed by atoms with Crippen LogP contribution < -0.4 is 0 Å². The average molecular weight is 281 g/mol. The maximum atomic E-state index is 13.0. The average Bonchev–Trinajstić information content (AvgIpc) is 2.90. The maximum absolute atomic E-state index is 13.0. The number of piperidine rings is 1. The minimum Gasteiger partial charge on any atom is -0.299 e. The van der Waals surface area contributed by atoms with Crippen LogP contribution in [0, 0.1) is 11.3 Å². The Balaban J connectivity index is 1.72. The number of ketones is 2. The first kappa shape index (κ1) is 12.1. The highest BCUT2D eigenvalue weighted by atomic mass is 16.1. The predicted octanol–water partition coefficient (Wildman–Crippen LogP) is 2.81. The summed E-state index contributed by atoms with van der Waals surface area (Å²) in [5, 5.41) is 0. The number of rotatable bonds is 0. The predicted molar refractivity (Wildman–Crippen MR) is 77.6 cm³/mol. The molecule has 0 N–H and O–H groups in total. The smallest absolute Gasteiger partial charge is 0.162 e. The Hall–Kier alpha value is -1.48. The molecule has 2 saturated heterocycles.